The van der Waals surface area contributed by atoms with E-state index in [0.29, 0.717) is 12.1 Å². The second-order valence-corrected chi connectivity index (χ2v) is 7.59. The fourth-order valence-corrected chi connectivity index (χ4v) is 4.12. The summed E-state index contributed by atoms with van der Waals surface area (Å²) in [6, 6.07) is 14.6. The predicted molar refractivity (Wildman–Crippen MR) is 102 cm³/mol. The summed E-state index contributed by atoms with van der Waals surface area (Å²) in [6.45, 7) is 2.50. The molecule has 1 saturated heterocycles. The standard InChI is InChI=1S/C20H24F2N2S/c1-3-25-23-20-18(22)13-24(2)19(20)12-14-7-6-8-15(11-14)16-9-4-5-10-17(16)21/h4-11,18-20,23H,3,12-13H2,1-2H3. The first kappa shape index (κ1) is 18.4. The first-order valence-electron chi connectivity index (χ1n) is 8.65. The van der Waals surface area contributed by atoms with E-state index in [1.165, 1.54) is 6.07 Å². The van der Waals surface area contributed by atoms with E-state index in [1.807, 2.05) is 37.4 Å². The van der Waals surface area contributed by atoms with E-state index in [-0.39, 0.29) is 17.9 Å². The van der Waals surface area contributed by atoms with E-state index in [4.69, 9.17) is 0 Å². The highest BCUT2D eigenvalue weighted by atomic mass is 32.2. The van der Waals surface area contributed by atoms with Crippen LogP contribution in [-0.2, 0) is 6.42 Å². The van der Waals surface area contributed by atoms with Crippen molar-refractivity contribution in [3.05, 3.63) is 59.9 Å². The van der Waals surface area contributed by atoms with Gasteiger partial charge in [-0.15, -0.1) is 0 Å². The van der Waals surface area contributed by atoms with Crippen LogP contribution in [0.25, 0.3) is 11.1 Å². The molecule has 0 bridgehead atoms. The van der Waals surface area contributed by atoms with Crippen molar-refractivity contribution in [1.82, 2.24) is 9.62 Å². The number of rotatable bonds is 6. The van der Waals surface area contributed by atoms with Gasteiger partial charge >= 0.3 is 0 Å². The van der Waals surface area contributed by atoms with Crippen molar-refractivity contribution in [3.8, 4) is 11.1 Å². The van der Waals surface area contributed by atoms with Crippen molar-refractivity contribution < 1.29 is 8.78 Å². The van der Waals surface area contributed by atoms with Crippen LogP contribution in [0.4, 0.5) is 8.78 Å². The number of hydrogen-bond acceptors (Lipinski definition) is 3. The normalized spacial score (nSPS) is 23.9. The summed E-state index contributed by atoms with van der Waals surface area (Å²) < 4.78 is 31.7. The van der Waals surface area contributed by atoms with Gasteiger partial charge in [0.15, 0.2) is 0 Å². The zero-order valence-corrected chi connectivity index (χ0v) is 15.4. The van der Waals surface area contributed by atoms with E-state index in [1.54, 1.807) is 24.1 Å². The quantitative estimate of drug-likeness (QED) is 0.771. The maximum atomic E-state index is 14.3. The molecule has 1 aliphatic heterocycles. The predicted octanol–water partition coefficient (Wildman–Crippen LogP) is 4.31. The summed E-state index contributed by atoms with van der Waals surface area (Å²) in [7, 11) is 1.97. The van der Waals surface area contributed by atoms with Gasteiger partial charge in [0, 0.05) is 23.9 Å². The molecule has 1 heterocycles. The summed E-state index contributed by atoms with van der Waals surface area (Å²) in [4.78, 5) is 2.08. The van der Waals surface area contributed by atoms with Crippen molar-refractivity contribution in [1.29, 1.82) is 0 Å². The molecule has 2 nitrogen and oxygen atoms in total. The van der Waals surface area contributed by atoms with Crippen LogP contribution >= 0.6 is 11.9 Å². The molecule has 0 radical (unpaired) electrons. The van der Waals surface area contributed by atoms with Crippen LogP contribution in [0.3, 0.4) is 0 Å². The molecule has 0 saturated carbocycles. The molecule has 0 aliphatic carbocycles. The smallest absolute Gasteiger partial charge is 0.131 e. The summed E-state index contributed by atoms with van der Waals surface area (Å²) in [5.74, 6) is 0.683. The minimum absolute atomic E-state index is 0.0879. The molecule has 3 atom stereocenters. The zero-order valence-electron chi connectivity index (χ0n) is 14.6. The summed E-state index contributed by atoms with van der Waals surface area (Å²) >= 11 is 1.56. The summed E-state index contributed by atoms with van der Waals surface area (Å²) in [6.07, 6.45) is -0.134. The average Bonchev–Trinajstić information content (AvgIpc) is 2.87. The molecular formula is C20H24F2N2S. The molecule has 1 aliphatic rings. The van der Waals surface area contributed by atoms with Gasteiger partial charge in [-0.1, -0.05) is 61.3 Å². The fraction of sp³-hybridized carbons (Fsp3) is 0.400. The van der Waals surface area contributed by atoms with Crippen LogP contribution in [0.5, 0.6) is 0 Å². The van der Waals surface area contributed by atoms with Gasteiger partial charge in [0.05, 0.1) is 6.04 Å². The molecule has 5 heteroatoms. The van der Waals surface area contributed by atoms with Crippen molar-refractivity contribution in [2.45, 2.75) is 31.6 Å². The van der Waals surface area contributed by atoms with Gasteiger partial charge in [0.1, 0.15) is 12.0 Å². The Hall–Kier alpha value is -1.43. The fourth-order valence-electron chi connectivity index (χ4n) is 3.46. The molecule has 134 valence electrons. The molecule has 3 unspecified atom stereocenters. The van der Waals surface area contributed by atoms with Crippen LogP contribution < -0.4 is 4.72 Å². The minimum atomic E-state index is -0.871. The highest BCUT2D eigenvalue weighted by Gasteiger charge is 2.40. The molecule has 2 aromatic rings. The van der Waals surface area contributed by atoms with Gasteiger partial charge in [0.25, 0.3) is 0 Å². The van der Waals surface area contributed by atoms with Gasteiger partial charge in [-0.25, -0.2) is 8.78 Å². The van der Waals surface area contributed by atoms with Gasteiger partial charge in [-0.05, 0) is 30.7 Å². The number of likely N-dealkylation sites (tertiary alicyclic amines) is 1. The Morgan fingerprint density at radius 1 is 1.20 bits per heavy atom. The molecular weight excluding hydrogens is 338 g/mol. The van der Waals surface area contributed by atoms with Gasteiger partial charge < -0.3 is 0 Å². The molecule has 1 fully saturated rings. The first-order chi connectivity index (χ1) is 12.1. The van der Waals surface area contributed by atoms with Crippen molar-refractivity contribution in [2.75, 3.05) is 19.3 Å². The Labute approximate surface area is 152 Å². The second-order valence-electron chi connectivity index (χ2n) is 6.48. The van der Waals surface area contributed by atoms with Crippen molar-refractivity contribution in [3.63, 3.8) is 0 Å². The Morgan fingerprint density at radius 3 is 2.76 bits per heavy atom. The van der Waals surface area contributed by atoms with Crippen LogP contribution in [0.15, 0.2) is 48.5 Å². The first-order valence-corrected chi connectivity index (χ1v) is 9.64. The highest BCUT2D eigenvalue weighted by Crippen LogP contribution is 2.27. The van der Waals surface area contributed by atoms with Gasteiger partial charge in [0.2, 0.25) is 0 Å². The maximum Gasteiger partial charge on any atom is 0.131 e. The summed E-state index contributed by atoms with van der Waals surface area (Å²) in [5.41, 5.74) is 2.56. The van der Waals surface area contributed by atoms with E-state index < -0.39 is 6.17 Å². The molecule has 1 N–H and O–H groups in total. The lowest BCUT2D eigenvalue weighted by molar-refractivity contribution is 0.291. The van der Waals surface area contributed by atoms with Crippen LogP contribution in [0.2, 0.25) is 0 Å². The van der Waals surface area contributed by atoms with Crippen molar-refractivity contribution >= 4 is 11.9 Å². The minimum Gasteiger partial charge on any atom is -0.298 e. The third-order valence-corrected chi connectivity index (χ3v) is 5.48. The van der Waals surface area contributed by atoms with Gasteiger partial charge in [-0.3, -0.25) is 9.62 Å². The van der Waals surface area contributed by atoms with Crippen LogP contribution in [0, 0.1) is 5.82 Å². The third kappa shape index (κ3) is 4.22. The Kier molecular flexibility index (Phi) is 6.10. The lowest BCUT2D eigenvalue weighted by atomic mass is 9.96. The van der Waals surface area contributed by atoms with E-state index in [2.05, 4.69) is 16.5 Å². The molecule has 3 rings (SSSR count). The number of benzene rings is 2. The Bertz CT molecular complexity index is 710. The highest BCUT2D eigenvalue weighted by molar-refractivity contribution is 7.97. The molecule has 2 aromatic carbocycles. The number of nitrogens with one attached hydrogen (secondary N) is 1. The molecule has 0 amide bonds. The van der Waals surface area contributed by atoms with E-state index in [9.17, 15) is 8.78 Å². The Morgan fingerprint density at radius 2 is 2.00 bits per heavy atom. The molecule has 0 aromatic heterocycles. The number of likely N-dealkylation sites (N-methyl/N-ethyl adjacent to an activating group) is 1. The lowest BCUT2D eigenvalue weighted by Gasteiger charge is -2.25. The van der Waals surface area contributed by atoms with Crippen LogP contribution in [-0.4, -0.2) is 42.5 Å². The van der Waals surface area contributed by atoms with E-state index >= 15 is 0 Å². The molecule has 25 heavy (non-hydrogen) atoms. The molecule has 0 spiro atoms. The lowest BCUT2D eigenvalue weighted by Crippen LogP contribution is -2.42. The average molecular weight is 362 g/mol. The van der Waals surface area contributed by atoms with Crippen LogP contribution in [0.1, 0.15) is 12.5 Å². The Balaban J connectivity index is 1.80. The maximum absolute atomic E-state index is 14.3. The van der Waals surface area contributed by atoms with Crippen molar-refractivity contribution in [2.24, 2.45) is 0 Å². The third-order valence-electron chi connectivity index (χ3n) is 4.75. The number of halogens is 2. The number of alkyl halides is 1. The SMILES string of the molecule is CCSNC1C(F)CN(C)C1Cc1cccc(-c2ccccc2F)c1. The number of hydrogen-bond donors (Lipinski definition) is 1. The second kappa shape index (κ2) is 8.30. The monoisotopic (exact) mass is 362 g/mol. The van der Waals surface area contributed by atoms with Gasteiger partial charge in [-0.2, -0.15) is 0 Å². The summed E-state index contributed by atoms with van der Waals surface area (Å²) in [5, 5.41) is 0. The number of nitrogens with zero attached hydrogens (tertiary/aromatic N) is 1. The van der Waals surface area contributed by atoms with E-state index in [0.717, 1.165) is 23.3 Å². The topological polar surface area (TPSA) is 15.3 Å². The zero-order chi connectivity index (χ0) is 17.8. The largest absolute Gasteiger partial charge is 0.298 e.